The summed E-state index contributed by atoms with van der Waals surface area (Å²) in [6.45, 7) is 2.03. The first-order valence-corrected chi connectivity index (χ1v) is 14.0. The van der Waals surface area contributed by atoms with Crippen LogP contribution in [0.1, 0.15) is 11.1 Å². The number of nitrogens with one attached hydrogen (secondary N) is 1. The number of nitrogens with zero attached hydrogens (tertiary/aromatic N) is 5. The van der Waals surface area contributed by atoms with Crippen LogP contribution in [0.25, 0.3) is 17.1 Å². The Morgan fingerprint density at radius 2 is 1.86 bits per heavy atom. The van der Waals surface area contributed by atoms with E-state index in [9.17, 15) is 22.8 Å². The van der Waals surface area contributed by atoms with Gasteiger partial charge in [0, 0.05) is 5.56 Å². The molecule has 1 saturated heterocycles. The molecule has 1 aromatic heterocycles. The van der Waals surface area contributed by atoms with Crippen molar-refractivity contribution < 1.29 is 32.3 Å². The lowest BCUT2D eigenvalue weighted by atomic mass is 10.1. The average Bonchev–Trinajstić information content (AvgIpc) is 3.59. The van der Waals surface area contributed by atoms with Crippen molar-refractivity contribution in [3.63, 3.8) is 0 Å². The van der Waals surface area contributed by atoms with E-state index in [0.717, 1.165) is 28.5 Å². The number of carbonyl (C=O) groups excluding carboxylic acids is 2. The minimum Gasteiger partial charge on any atom is -0.406 e. The molecule has 0 bridgehead atoms. The van der Waals surface area contributed by atoms with Crippen molar-refractivity contribution in [3.05, 3.63) is 89.2 Å². The number of amides is 3. The highest BCUT2D eigenvalue weighted by Crippen LogP contribution is 2.33. The maximum atomic E-state index is 12.4. The van der Waals surface area contributed by atoms with Gasteiger partial charge in [-0.25, -0.2) is 19.9 Å². The molecule has 222 valence electrons. The number of aryl methyl sites for hydroxylation is 1. The molecule has 1 fully saturated rings. The van der Waals surface area contributed by atoms with Crippen LogP contribution in [0.3, 0.4) is 0 Å². The van der Waals surface area contributed by atoms with Gasteiger partial charge < -0.3 is 4.74 Å². The van der Waals surface area contributed by atoms with Gasteiger partial charge in [-0.2, -0.15) is 4.99 Å². The zero-order chi connectivity index (χ0) is 30.6. The molecule has 0 unspecified atom stereocenters. The fourth-order valence-corrected chi connectivity index (χ4v) is 5.07. The molecule has 15 heteroatoms. The van der Waals surface area contributed by atoms with Crippen molar-refractivity contribution in [1.82, 2.24) is 20.2 Å². The molecule has 1 aliphatic rings. The monoisotopic (exact) mass is 630 g/mol. The molecule has 0 aliphatic carbocycles. The van der Waals surface area contributed by atoms with Crippen molar-refractivity contribution in [1.29, 1.82) is 0 Å². The smallest absolute Gasteiger partial charge is 0.406 e. The second-order valence-electron chi connectivity index (χ2n) is 9.12. The lowest BCUT2D eigenvalue weighted by Crippen LogP contribution is -2.31. The van der Waals surface area contributed by atoms with Gasteiger partial charge in [0.15, 0.2) is 11.0 Å². The molecule has 1 N–H and O–H groups in total. The number of aromatic nitrogens is 3. The number of benzene rings is 3. The number of halogens is 4. The molecular weight excluding hydrogens is 609 g/mol. The molecule has 3 amide bonds. The lowest BCUT2D eigenvalue weighted by Gasteiger charge is -2.18. The topological polar surface area (TPSA) is 111 Å². The van der Waals surface area contributed by atoms with Crippen molar-refractivity contribution in [2.45, 2.75) is 19.7 Å². The second kappa shape index (κ2) is 12.9. The van der Waals surface area contributed by atoms with Gasteiger partial charge in [0.05, 0.1) is 28.8 Å². The Labute approximate surface area is 252 Å². The Morgan fingerprint density at radius 3 is 2.58 bits per heavy atom. The third-order valence-electron chi connectivity index (χ3n) is 6.00. The fraction of sp³-hybridized carbons (Fsp3) is 0.179. The number of amidine groups is 1. The third-order valence-corrected chi connectivity index (χ3v) is 7.24. The van der Waals surface area contributed by atoms with Gasteiger partial charge in [0.2, 0.25) is 5.91 Å². The summed E-state index contributed by atoms with van der Waals surface area (Å²) >= 11 is 7.40. The quantitative estimate of drug-likeness (QED) is 0.185. The first-order valence-electron chi connectivity index (χ1n) is 12.7. The van der Waals surface area contributed by atoms with Crippen LogP contribution in [0.4, 0.5) is 23.7 Å². The summed E-state index contributed by atoms with van der Waals surface area (Å²) < 4.78 is 42.4. The van der Waals surface area contributed by atoms with Gasteiger partial charge in [-0.05, 0) is 60.9 Å². The summed E-state index contributed by atoms with van der Waals surface area (Å²) in [6.07, 6.45) is -2.83. The number of anilines is 1. The van der Waals surface area contributed by atoms with Crippen LogP contribution in [0, 0.1) is 6.92 Å². The Morgan fingerprint density at radius 1 is 1.12 bits per heavy atom. The Hall–Kier alpha value is -4.40. The van der Waals surface area contributed by atoms with Crippen LogP contribution in [0.15, 0.2) is 78.0 Å². The van der Waals surface area contributed by atoms with E-state index in [2.05, 4.69) is 25.3 Å². The number of hydrogen-bond acceptors (Lipinski definition) is 7. The largest absolute Gasteiger partial charge is 0.573 e. The highest BCUT2D eigenvalue weighted by atomic mass is 35.5. The minimum absolute atomic E-state index is 0.136. The van der Waals surface area contributed by atoms with Crippen molar-refractivity contribution in [2.75, 3.05) is 17.3 Å². The molecule has 2 heterocycles. The van der Waals surface area contributed by atoms with E-state index in [1.807, 2.05) is 37.3 Å². The fourth-order valence-electron chi connectivity index (χ4n) is 4.01. The standard InChI is InChI=1S/C28H22ClF3N6O4S/c1-17-2-11-22(29)23(14-17)38-24(39)15-43-27(38)34-26(40)36-41-13-12-18-3-5-19(6-4-18)25-33-16-37(35-25)20-7-9-21(10-8-20)42-28(30,31)32/h2-11,14,16H,12-13,15H2,1H3,(H,36,40)/b34-27-. The predicted octanol–water partition coefficient (Wildman–Crippen LogP) is 6.11. The summed E-state index contributed by atoms with van der Waals surface area (Å²) in [5.41, 5.74) is 5.79. The summed E-state index contributed by atoms with van der Waals surface area (Å²) in [5.74, 6) is -0.00171. The molecule has 0 atom stereocenters. The first kappa shape index (κ1) is 30.1. The van der Waals surface area contributed by atoms with Gasteiger partial charge in [-0.1, -0.05) is 53.7 Å². The SMILES string of the molecule is Cc1ccc(Cl)c(N2C(=O)CS/C2=N\C(=O)NOCCc2ccc(-c3ncn(-c4ccc(OC(F)(F)F)cc4)n3)cc2)c1. The van der Waals surface area contributed by atoms with Gasteiger partial charge in [0.25, 0.3) is 0 Å². The zero-order valence-electron chi connectivity index (χ0n) is 22.3. The molecule has 0 saturated carbocycles. The van der Waals surface area contributed by atoms with Crippen LogP contribution in [0.2, 0.25) is 5.02 Å². The van der Waals surface area contributed by atoms with Crippen LogP contribution < -0.4 is 15.1 Å². The summed E-state index contributed by atoms with van der Waals surface area (Å²) in [4.78, 5) is 39.6. The molecule has 4 aromatic rings. The molecule has 0 radical (unpaired) electrons. The Balaban J connectivity index is 1.12. The molecular formula is C28H22ClF3N6O4S. The van der Waals surface area contributed by atoms with Crippen LogP contribution >= 0.6 is 23.4 Å². The number of hydrogen-bond donors (Lipinski definition) is 1. The Kier molecular flexibility index (Phi) is 8.99. The van der Waals surface area contributed by atoms with Gasteiger partial charge in [0.1, 0.15) is 12.1 Å². The molecule has 1 aliphatic heterocycles. The van der Waals surface area contributed by atoms with Crippen molar-refractivity contribution in [2.24, 2.45) is 4.99 Å². The van der Waals surface area contributed by atoms with Crippen LogP contribution in [0.5, 0.6) is 5.75 Å². The number of aliphatic imine (C=N–C) groups is 1. The lowest BCUT2D eigenvalue weighted by molar-refractivity contribution is -0.274. The second-order valence-corrected chi connectivity index (χ2v) is 10.5. The Bertz CT molecular complexity index is 1660. The normalized spacial score (nSPS) is 14.4. The number of alkyl halides is 3. The maximum absolute atomic E-state index is 12.4. The molecule has 10 nitrogen and oxygen atoms in total. The van der Waals surface area contributed by atoms with Crippen LogP contribution in [-0.2, 0) is 16.1 Å². The van der Waals surface area contributed by atoms with E-state index in [4.69, 9.17) is 16.4 Å². The molecule has 5 rings (SSSR count). The van der Waals surface area contributed by atoms with E-state index in [1.165, 1.54) is 40.2 Å². The predicted molar refractivity (Wildman–Crippen MR) is 155 cm³/mol. The van der Waals surface area contributed by atoms with E-state index in [1.54, 1.807) is 12.1 Å². The number of hydroxylamine groups is 1. The van der Waals surface area contributed by atoms with E-state index in [-0.39, 0.29) is 29.2 Å². The summed E-state index contributed by atoms with van der Waals surface area (Å²) in [5, 5.41) is 4.96. The van der Waals surface area contributed by atoms with E-state index in [0.29, 0.717) is 28.6 Å². The number of urea groups is 1. The maximum Gasteiger partial charge on any atom is 0.573 e. The zero-order valence-corrected chi connectivity index (χ0v) is 23.9. The van der Waals surface area contributed by atoms with E-state index < -0.39 is 12.4 Å². The minimum atomic E-state index is -4.76. The number of carbonyl (C=O) groups is 2. The highest BCUT2D eigenvalue weighted by Gasteiger charge is 2.32. The number of thioether (sulfide) groups is 1. The molecule has 0 spiro atoms. The number of rotatable bonds is 8. The number of ether oxygens (including phenoxy) is 1. The first-order chi connectivity index (χ1) is 20.6. The van der Waals surface area contributed by atoms with Gasteiger partial charge in [-0.3, -0.25) is 14.5 Å². The molecule has 43 heavy (non-hydrogen) atoms. The molecule has 3 aromatic carbocycles. The summed E-state index contributed by atoms with van der Waals surface area (Å²) in [6, 6.07) is 17.1. The average molecular weight is 631 g/mol. The van der Waals surface area contributed by atoms with Crippen molar-refractivity contribution in [3.8, 4) is 22.8 Å². The highest BCUT2D eigenvalue weighted by molar-refractivity contribution is 8.15. The summed E-state index contributed by atoms with van der Waals surface area (Å²) in [7, 11) is 0. The van der Waals surface area contributed by atoms with Gasteiger partial charge >= 0.3 is 12.4 Å². The van der Waals surface area contributed by atoms with Crippen LogP contribution in [-0.4, -0.2) is 50.6 Å². The van der Waals surface area contributed by atoms with Crippen molar-refractivity contribution >= 4 is 46.2 Å². The van der Waals surface area contributed by atoms with E-state index >= 15 is 0 Å². The third kappa shape index (κ3) is 7.71. The van der Waals surface area contributed by atoms with Gasteiger partial charge in [-0.15, -0.1) is 18.3 Å².